The Hall–Kier alpha value is -1.36. The molecule has 1 aromatic carbocycles. The number of thiophene rings is 2. The topological polar surface area (TPSA) is 20.3 Å². The largest absolute Gasteiger partial charge is 0.330 e. The van der Waals surface area contributed by atoms with Gasteiger partial charge in [0, 0.05) is 21.5 Å². The molecule has 5 heteroatoms. The third-order valence-corrected chi connectivity index (χ3v) is 6.75. The summed E-state index contributed by atoms with van der Waals surface area (Å²) in [5, 5.41) is 3.65. The van der Waals surface area contributed by atoms with Crippen LogP contribution >= 0.6 is 34.3 Å². The standard InChI is InChI=1S/C17H14ClNOS2/c18-15-11-5-1-2-7-13(11)22-16(15)17(20)19-9-3-6-12(19)14-8-4-10-21-14/h1-2,4-5,7-8,10,12H,3,6,9H2/t12-/m0/s1. The molecule has 0 unspecified atom stereocenters. The molecule has 3 aromatic rings. The van der Waals surface area contributed by atoms with Crippen molar-refractivity contribution >= 4 is 50.3 Å². The van der Waals surface area contributed by atoms with Crippen LogP contribution in [0.3, 0.4) is 0 Å². The lowest BCUT2D eigenvalue weighted by molar-refractivity contribution is 0.0743. The molecule has 0 aliphatic carbocycles. The van der Waals surface area contributed by atoms with Gasteiger partial charge in [-0.05, 0) is 30.4 Å². The smallest absolute Gasteiger partial charge is 0.266 e. The maximum atomic E-state index is 13.0. The Labute approximate surface area is 141 Å². The molecule has 1 atom stereocenters. The summed E-state index contributed by atoms with van der Waals surface area (Å²) in [4.78, 5) is 16.9. The van der Waals surface area contributed by atoms with Crippen LogP contribution in [0.2, 0.25) is 5.02 Å². The summed E-state index contributed by atoms with van der Waals surface area (Å²) in [5.41, 5.74) is 0. The van der Waals surface area contributed by atoms with Crippen molar-refractivity contribution in [1.29, 1.82) is 0 Å². The molecule has 2 aromatic heterocycles. The van der Waals surface area contributed by atoms with Crippen molar-refractivity contribution in [3.63, 3.8) is 0 Å². The molecule has 1 aliphatic heterocycles. The zero-order chi connectivity index (χ0) is 15.1. The van der Waals surface area contributed by atoms with Gasteiger partial charge in [-0.2, -0.15) is 0 Å². The Kier molecular flexibility index (Phi) is 3.68. The van der Waals surface area contributed by atoms with Gasteiger partial charge < -0.3 is 4.90 Å². The minimum Gasteiger partial charge on any atom is -0.330 e. The second-order valence-corrected chi connectivity index (χ2v) is 7.82. The first-order chi connectivity index (χ1) is 10.8. The van der Waals surface area contributed by atoms with Crippen LogP contribution in [0.15, 0.2) is 41.8 Å². The highest BCUT2D eigenvalue weighted by molar-refractivity contribution is 7.21. The lowest BCUT2D eigenvalue weighted by Crippen LogP contribution is -2.29. The molecule has 0 N–H and O–H groups in total. The van der Waals surface area contributed by atoms with E-state index in [-0.39, 0.29) is 11.9 Å². The molecule has 0 spiro atoms. The predicted octanol–water partition coefficient (Wildman–Crippen LogP) is 5.59. The summed E-state index contributed by atoms with van der Waals surface area (Å²) in [5.74, 6) is 0.0714. The SMILES string of the molecule is O=C(c1sc2ccccc2c1Cl)N1CCC[C@H]1c1cccs1. The van der Waals surface area contributed by atoms with E-state index in [1.807, 2.05) is 35.2 Å². The zero-order valence-electron chi connectivity index (χ0n) is 11.8. The van der Waals surface area contributed by atoms with Gasteiger partial charge in [0.2, 0.25) is 0 Å². The molecule has 4 rings (SSSR count). The second kappa shape index (κ2) is 5.69. The van der Waals surface area contributed by atoms with Gasteiger partial charge in [0.25, 0.3) is 5.91 Å². The van der Waals surface area contributed by atoms with Crippen LogP contribution in [0, 0.1) is 0 Å². The number of carbonyl (C=O) groups excluding carboxylic acids is 1. The summed E-state index contributed by atoms with van der Waals surface area (Å²) >= 11 is 9.69. The molecular weight excluding hydrogens is 334 g/mol. The Bertz CT molecular complexity index is 824. The number of amides is 1. The molecule has 0 saturated carbocycles. The Balaban J connectivity index is 1.72. The van der Waals surface area contributed by atoms with E-state index in [0.29, 0.717) is 9.90 Å². The van der Waals surface area contributed by atoms with E-state index in [4.69, 9.17) is 11.6 Å². The van der Waals surface area contributed by atoms with Crippen molar-refractivity contribution in [2.75, 3.05) is 6.54 Å². The number of hydrogen-bond donors (Lipinski definition) is 0. The van der Waals surface area contributed by atoms with Gasteiger partial charge in [-0.3, -0.25) is 4.79 Å². The summed E-state index contributed by atoms with van der Waals surface area (Å²) < 4.78 is 1.07. The zero-order valence-corrected chi connectivity index (χ0v) is 14.2. The second-order valence-electron chi connectivity index (χ2n) is 5.41. The number of carbonyl (C=O) groups is 1. The van der Waals surface area contributed by atoms with Crippen molar-refractivity contribution in [3.8, 4) is 0 Å². The first kappa shape index (κ1) is 14.2. The average Bonchev–Trinajstić information content (AvgIpc) is 3.26. The van der Waals surface area contributed by atoms with Crippen molar-refractivity contribution < 1.29 is 4.79 Å². The van der Waals surface area contributed by atoms with Gasteiger partial charge >= 0.3 is 0 Å². The number of nitrogens with zero attached hydrogens (tertiary/aromatic N) is 1. The molecule has 0 radical (unpaired) electrons. The van der Waals surface area contributed by atoms with E-state index < -0.39 is 0 Å². The predicted molar refractivity (Wildman–Crippen MR) is 94.2 cm³/mol. The molecule has 112 valence electrons. The van der Waals surface area contributed by atoms with Gasteiger partial charge in [-0.25, -0.2) is 0 Å². The van der Waals surface area contributed by atoms with Crippen LogP contribution < -0.4 is 0 Å². The number of rotatable bonds is 2. The Morgan fingerprint density at radius 2 is 2.09 bits per heavy atom. The highest BCUT2D eigenvalue weighted by Crippen LogP contribution is 2.40. The van der Waals surface area contributed by atoms with Crippen LogP contribution in [0.5, 0.6) is 0 Å². The number of benzene rings is 1. The molecule has 1 aliphatic rings. The minimum absolute atomic E-state index is 0.0714. The van der Waals surface area contributed by atoms with E-state index in [0.717, 1.165) is 29.5 Å². The van der Waals surface area contributed by atoms with E-state index in [2.05, 4.69) is 11.4 Å². The normalized spacial score (nSPS) is 18.2. The van der Waals surface area contributed by atoms with Crippen LogP contribution in [-0.4, -0.2) is 17.4 Å². The van der Waals surface area contributed by atoms with E-state index in [1.54, 1.807) is 11.3 Å². The lowest BCUT2D eigenvalue weighted by atomic mass is 10.2. The Morgan fingerprint density at radius 3 is 2.86 bits per heavy atom. The van der Waals surface area contributed by atoms with Gasteiger partial charge in [-0.15, -0.1) is 22.7 Å². The van der Waals surface area contributed by atoms with Gasteiger partial charge in [0.1, 0.15) is 4.88 Å². The van der Waals surface area contributed by atoms with Gasteiger partial charge in [-0.1, -0.05) is 35.9 Å². The molecule has 0 bridgehead atoms. The summed E-state index contributed by atoms with van der Waals surface area (Å²) in [6.45, 7) is 0.811. The molecule has 3 heterocycles. The highest BCUT2D eigenvalue weighted by Gasteiger charge is 2.33. The molecule has 2 nitrogen and oxygen atoms in total. The van der Waals surface area contributed by atoms with Crippen molar-refractivity contribution in [2.45, 2.75) is 18.9 Å². The van der Waals surface area contributed by atoms with Crippen LogP contribution in [0.4, 0.5) is 0 Å². The molecule has 1 amide bonds. The monoisotopic (exact) mass is 347 g/mol. The van der Waals surface area contributed by atoms with Crippen LogP contribution in [0.25, 0.3) is 10.1 Å². The first-order valence-corrected chi connectivity index (χ1v) is 9.34. The third-order valence-electron chi connectivity index (χ3n) is 4.11. The van der Waals surface area contributed by atoms with Crippen molar-refractivity contribution in [1.82, 2.24) is 4.90 Å². The molecule has 1 fully saturated rings. The van der Waals surface area contributed by atoms with Crippen LogP contribution in [-0.2, 0) is 0 Å². The van der Waals surface area contributed by atoms with E-state index >= 15 is 0 Å². The highest BCUT2D eigenvalue weighted by atomic mass is 35.5. The fourth-order valence-electron chi connectivity index (χ4n) is 3.07. The van der Waals surface area contributed by atoms with E-state index in [1.165, 1.54) is 16.2 Å². The summed E-state index contributed by atoms with van der Waals surface area (Å²) in [6, 6.07) is 12.3. The number of fused-ring (bicyclic) bond motifs is 1. The Morgan fingerprint density at radius 1 is 1.23 bits per heavy atom. The van der Waals surface area contributed by atoms with Gasteiger partial charge in [0.05, 0.1) is 11.1 Å². The minimum atomic E-state index is 0.0714. The van der Waals surface area contributed by atoms with E-state index in [9.17, 15) is 4.79 Å². The maximum Gasteiger partial charge on any atom is 0.266 e. The molecule has 1 saturated heterocycles. The van der Waals surface area contributed by atoms with Crippen LogP contribution in [0.1, 0.15) is 33.4 Å². The third kappa shape index (κ3) is 2.26. The fourth-order valence-corrected chi connectivity index (χ4v) is 5.41. The quantitative estimate of drug-likeness (QED) is 0.591. The van der Waals surface area contributed by atoms with Crippen molar-refractivity contribution in [2.24, 2.45) is 0 Å². The average molecular weight is 348 g/mol. The summed E-state index contributed by atoms with van der Waals surface area (Å²) in [7, 11) is 0. The van der Waals surface area contributed by atoms with Gasteiger partial charge in [0.15, 0.2) is 0 Å². The molecular formula is C17H14ClNOS2. The summed E-state index contributed by atoms with van der Waals surface area (Å²) in [6.07, 6.45) is 2.09. The molecule has 22 heavy (non-hydrogen) atoms. The maximum absolute atomic E-state index is 13.0. The number of halogens is 1. The lowest BCUT2D eigenvalue weighted by Gasteiger charge is -2.23. The first-order valence-electron chi connectivity index (χ1n) is 7.27. The number of likely N-dealkylation sites (tertiary alicyclic amines) is 1. The van der Waals surface area contributed by atoms with Crippen molar-refractivity contribution in [3.05, 3.63) is 56.6 Å². The fraction of sp³-hybridized carbons (Fsp3) is 0.235. The number of hydrogen-bond acceptors (Lipinski definition) is 3.